The van der Waals surface area contributed by atoms with Gasteiger partial charge in [0.15, 0.2) is 17.8 Å². The Bertz CT molecular complexity index is 476. The number of hydrogen-bond acceptors (Lipinski definition) is 6. The second kappa shape index (κ2) is 8.40. The first-order valence-corrected chi connectivity index (χ1v) is 6.15. The first kappa shape index (κ1) is 17.2. The normalized spacial score (nSPS) is 10.7. The second-order valence-corrected chi connectivity index (χ2v) is 4.06. The van der Waals surface area contributed by atoms with E-state index in [0.717, 1.165) is 0 Å². The predicted molar refractivity (Wildman–Crippen MR) is 74.7 cm³/mol. The molecule has 21 heavy (non-hydrogen) atoms. The molecule has 0 fully saturated rings. The Kier molecular flexibility index (Phi) is 6.86. The molecule has 0 N–H and O–H groups in total. The molecule has 117 valence electrons. The Morgan fingerprint density at radius 3 is 2.19 bits per heavy atom. The number of nitrogens with zero attached hydrogens (tertiary/aromatic N) is 2. The van der Waals surface area contributed by atoms with Crippen LogP contribution in [0.25, 0.3) is 0 Å². The third kappa shape index (κ3) is 4.55. The molecule has 1 radical (unpaired) electrons. The van der Waals surface area contributed by atoms with Crippen molar-refractivity contribution in [2.24, 2.45) is 0 Å². The molecule has 0 saturated heterocycles. The summed E-state index contributed by atoms with van der Waals surface area (Å²) in [4.78, 5) is 10.6. The summed E-state index contributed by atoms with van der Waals surface area (Å²) >= 11 is 0. The van der Waals surface area contributed by atoms with Gasteiger partial charge in [0, 0.05) is 26.3 Å². The van der Waals surface area contributed by atoms with Crippen LogP contribution in [0.1, 0.15) is 5.56 Å². The van der Waals surface area contributed by atoms with Gasteiger partial charge in [0.1, 0.15) is 0 Å². The van der Waals surface area contributed by atoms with E-state index in [4.69, 9.17) is 18.9 Å². The fourth-order valence-corrected chi connectivity index (χ4v) is 1.74. The number of ether oxygens (including phenoxy) is 4. The number of methoxy groups -OCH3 is 4. The molecule has 0 spiro atoms. The van der Waals surface area contributed by atoms with Crippen LogP contribution in [0.2, 0.25) is 0 Å². The number of nitro groups is 1. The summed E-state index contributed by atoms with van der Waals surface area (Å²) in [6.07, 6.45) is -0.468. The van der Waals surface area contributed by atoms with E-state index in [1.54, 1.807) is 6.07 Å². The lowest BCUT2D eigenvalue weighted by molar-refractivity contribution is -0.385. The lowest BCUT2D eigenvalue weighted by Crippen LogP contribution is -2.25. The molecule has 0 heterocycles. The summed E-state index contributed by atoms with van der Waals surface area (Å²) in [6.45, 7) is 0.429. The number of nitro benzene ring substituents is 1. The molecule has 0 unspecified atom stereocenters. The summed E-state index contributed by atoms with van der Waals surface area (Å²) in [6, 6.07) is 2.88. The van der Waals surface area contributed by atoms with Gasteiger partial charge >= 0.3 is 0 Å². The highest BCUT2D eigenvalue weighted by atomic mass is 16.7. The Morgan fingerprint density at radius 2 is 1.71 bits per heavy atom. The summed E-state index contributed by atoms with van der Waals surface area (Å²) in [5.41, 5.74) is 0.367. The first-order chi connectivity index (χ1) is 10.1. The van der Waals surface area contributed by atoms with Crippen molar-refractivity contribution in [3.8, 4) is 11.5 Å². The monoisotopic (exact) mass is 299 g/mol. The zero-order chi connectivity index (χ0) is 15.8. The highest BCUT2D eigenvalue weighted by molar-refractivity contribution is 5.54. The van der Waals surface area contributed by atoms with Crippen molar-refractivity contribution < 1.29 is 23.9 Å². The van der Waals surface area contributed by atoms with Crippen LogP contribution in [0.15, 0.2) is 12.1 Å². The number of benzene rings is 1. The van der Waals surface area contributed by atoms with Crippen molar-refractivity contribution in [3.63, 3.8) is 0 Å². The Morgan fingerprint density at radius 1 is 1.14 bits per heavy atom. The van der Waals surface area contributed by atoms with E-state index < -0.39 is 11.2 Å². The fraction of sp³-hybridized carbons (Fsp3) is 0.538. The standard InChI is InChI=1S/C13H19N2O6/c1-18-11-5-9(7-14-8-13(20-3)21-4)10(15(16)17)6-12(11)19-2/h5-6,13H,7-8H2,1-4H3. The molecule has 0 amide bonds. The molecule has 1 aromatic carbocycles. The minimum absolute atomic E-state index is 0.0669. The van der Waals surface area contributed by atoms with Gasteiger partial charge in [-0.1, -0.05) is 0 Å². The van der Waals surface area contributed by atoms with E-state index in [2.05, 4.69) is 5.32 Å². The van der Waals surface area contributed by atoms with Crippen LogP contribution in [0.3, 0.4) is 0 Å². The molecule has 0 aliphatic heterocycles. The van der Waals surface area contributed by atoms with Crippen LogP contribution in [-0.4, -0.2) is 46.2 Å². The van der Waals surface area contributed by atoms with Crippen LogP contribution >= 0.6 is 0 Å². The quantitative estimate of drug-likeness (QED) is 0.388. The SMILES string of the molecule is COc1cc(C[N]CC(OC)OC)c([N+](=O)[O-])cc1OC. The van der Waals surface area contributed by atoms with E-state index in [1.807, 2.05) is 0 Å². The molecule has 0 aliphatic carbocycles. The minimum Gasteiger partial charge on any atom is -0.493 e. The summed E-state index contributed by atoms with van der Waals surface area (Å²) in [7, 11) is 5.90. The van der Waals surface area contributed by atoms with E-state index >= 15 is 0 Å². The van der Waals surface area contributed by atoms with Gasteiger partial charge in [-0.15, -0.1) is 0 Å². The molecule has 8 heteroatoms. The van der Waals surface area contributed by atoms with Crippen LogP contribution in [-0.2, 0) is 16.0 Å². The van der Waals surface area contributed by atoms with Gasteiger partial charge < -0.3 is 18.9 Å². The van der Waals surface area contributed by atoms with Gasteiger partial charge in [0.2, 0.25) is 0 Å². The molecule has 8 nitrogen and oxygen atoms in total. The van der Waals surface area contributed by atoms with Crippen LogP contribution in [0, 0.1) is 10.1 Å². The average Bonchev–Trinajstić information content (AvgIpc) is 2.50. The predicted octanol–water partition coefficient (Wildman–Crippen LogP) is 1.34. The lowest BCUT2D eigenvalue weighted by atomic mass is 10.1. The molecule has 0 aliphatic rings. The molecular formula is C13H19N2O6. The van der Waals surface area contributed by atoms with Gasteiger partial charge in [-0.05, 0) is 6.07 Å². The third-order valence-electron chi connectivity index (χ3n) is 2.87. The van der Waals surface area contributed by atoms with Crippen LogP contribution < -0.4 is 14.8 Å². The molecule has 1 rings (SSSR count). The van der Waals surface area contributed by atoms with Crippen molar-refractivity contribution in [3.05, 3.63) is 27.8 Å². The van der Waals surface area contributed by atoms with E-state index in [-0.39, 0.29) is 18.8 Å². The molecule has 0 saturated carbocycles. The van der Waals surface area contributed by atoms with Gasteiger partial charge in [-0.2, -0.15) is 0 Å². The van der Waals surface area contributed by atoms with Crippen molar-refractivity contribution in [1.29, 1.82) is 0 Å². The van der Waals surface area contributed by atoms with E-state index in [0.29, 0.717) is 17.1 Å². The molecular weight excluding hydrogens is 280 g/mol. The maximum absolute atomic E-state index is 11.1. The zero-order valence-corrected chi connectivity index (χ0v) is 12.5. The minimum atomic E-state index is -0.475. The third-order valence-corrected chi connectivity index (χ3v) is 2.87. The summed E-state index contributed by atoms with van der Waals surface area (Å²) in [5.74, 6) is 0.725. The molecule has 0 aromatic heterocycles. The summed E-state index contributed by atoms with van der Waals surface area (Å²) < 4.78 is 20.2. The summed E-state index contributed by atoms with van der Waals surface area (Å²) in [5, 5.41) is 15.3. The fourth-order valence-electron chi connectivity index (χ4n) is 1.74. The number of hydrogen-bond donors (Lipinski definition) is 0. The zero-order valence-electron chi connectivity index (χ0n) is 12.5. The molecule has 0 atom stereocenters. The largest absolute Gasteiger partial charge is 0.493 e. The van der Waals surface area contributed by atoms with E-state index in [9.17, 15) is 10.1 Å². The maximum atomic E-state index is 11.1. The topological polar surface area (TPSA) is 94.2 Å². The van der Waals surface area contributed by atoms with E-state index in [1.165, 1.54) is 34.5 Å². The van der Waals surface area contributed by atoms with Crippen molar-refractivity contribution in [1.82, 2.24) is 5.32 Å². The average molecular weight is 299 g/mol. The highest BCUT2D eigenvalue weighted by Crippen LogP contribution is 2.34. The second-order valence-electron chi connectivity index (χ2n) is 4.06. The van der Waals surface area contributed by atoms with Gasteiger partial charge in [-0.3, -0.25) is 10.1 Å². The van der Waals surface area contributed by atoms with Crippen molar-refractivity contribution in [2.75, 3.05) is 35.0 Å². The molecule has 0 bridgehead atoms. The number of rotatable bonds is 9. The van der Waals surface area contributed by atoms with Gasteiger partial charge in [0.05, 0.1) is 31.8 Å². The van der Waals surface area contributed by atoms with Gasteiger partial charge in [0.25, 0.3) is 5.69 Å². The van der Waals surface area contributed by atoms with Crippen molar-refractivity contribution in [2.45, 2.75) is 12.8 Å². The van der Waals surface area contributed by atoms with Gasteiger partial charge in [-0.25, -0.2) is 5.32 Å². The molecule has 1 aromatic rings. The Labute approximate surface area is 123 Å². The smallest absolute Gasteiger partial charge is 0.277 e. The lowest BCUT2D eigenvalue weighted by Gasteiger charge is -2.14. The van der Waals surface area contributed by atoms with Crippen LogP contribution in [0.5, 0.6) is 11.5 Å². The first-order valence-electron chi connectivity index (χ1n) is 6.15. The maximum Gasteiger partial charge on any atom is 0.277 e. The van der Waals surface area contributed by atoms with Crippen LogP contribution in [0.4, 0.5) is 5.69 Å². The highest BCUT2D eigenvalue weighted by Gasteiger charge is 2.19. The van der Waals surface area contributed by atoms with Crippen molar-refractivity contribution >= 4 is 5.69 Å². The Balaban J connectivity index is 2.91. The Hall–Kier alpha value is -1.90.